The van der Waals surface area contributed by atoms with Crippen molar-refractivity contribution in [2.45, 2.75) is 13.3 Å². The van der Waals surface area contributed by atoms with Gasteiger partial charge in [-0.1, -0.05) is 19.6 Å². The lowest BCUT2D eigenvalue weighted by atomic mass is 10.1. The molecule has 2 rings (SSSR count). The predicted molar refractivity (Wildman–Crippen MR) is 52.0 cm³/mol. The molecule has 13 heavy (non-hydrogen) atoms. The van der Waals surface area contributed by atoms with Gasteiger partial charge in [0.25, 0.3) is 0 Å². The van der Waals surface area contributed by atoms with Gasteiger partial charge in [0, 0.05) is 5.56 Å². The normalized spacial score (nSPS) is 13.0. The zero-order valence-electron chi connectivity index (χ0n) is 7.67. The average Bonchev–Trinajstić information content (AvgIpc) is 2.63. The minimum atomic E-state index is 0.323. The number of hydrogen-bond donors (Lipinski definition) is 0. The molecule has 1 aromatic rings. The number of benzene rings is 1. The van der Waals surface area contributed by atoms with Gasteiger partial charge in [0.05, 0.1) is 0 Å². The molecule has 0 aliphatic carbocycles. The van der Waals surface area contributed by atoms with E-state index in [0.717, 1.165) is 23.5 Å². The third-order valence-electron chi connectivity index (χ3n) is 2.19. The quantitative estimate of drug-likeness (QED) is 0.689. The van der Waals surface area contributed by atoms with Crippen LogP contribution in [0.15, 0.2) is 18.7 Å². The number of aryl methyl sites for hydroxylation is 1. The number of ether oxygens (including phenoxy) is 2. The van der Waals surface area contributed by atoms with Gasteiger partial charge < -0.3 is 9.47 Å². The van der Waals surface area contributed by atoms with Crippen LogP contribution in [0.2, 0.25) is 0 Å². The van der Waals surface area contributed by atoms with Gasteiger partial charge in [-0.2, -0.15) is 0 Å². The van der Waals surface area contributed by atoms with E-state index in [-0.39, 0.29) is 0 Å². The van der Waals surface area contributed by atoms with Crippen LogP contribution in [0.3, 0.4) is 0 Å². The molecule has 0 aromatic heterocycles. The molecule has 0 spiro atoms. The third-order valence-corrected chi connectivity index (χ3v) is 2.19. The molecule has 2 heteroatoms. The Morgan fingerprint density at radius 2 is 2.31 bits per heavy atom. The highest BCUT2D eigenvalue weighted by Crippen LogP contribution is 2.37. The van der Waals surface area contributed by atoms with E-state index in [1.807, 2.05) is 6.07 Å². The van der Waals surface area contributed by atoms with Crippen molar-refractivity contribution in [3.63, 3.8) is 0 Å². The van der Waals surface area contributed by atoms with Gasteiger partial charge in [0.1, 0.15) is 0 Å². The summed E-state index contributed by atoms with van der Waals surface area (Å²) in [5, 5.41) is 0. The number of hydrogen-bond acceptors (Lipinski definition) is 2. The fourth-order valence-electron chi connectivity index (χ4n) is 1.45. The minimum absolute atomic E-state index is 0.323. The topological polar surface area (TPSA) is 18.5 Å². The van der Waals surface area contributed by atoms with E-state index < -0.39 is 0 Å². The first-order valence-electron chi connectivity index (χ1n) is 4.40. The van der Waals surface area contributed by atoms with Gasteiger partial charge in [-0.05, 0) is 24.1 Å². The van der Waals surface area contributed by atoms with E-state index >= 15 is 0 Å². The summed E-state index contributed by atoms with van der Waals surface area (Å²) in [4.78, 5) is 0. The Bertz CT molecular complexity index is 342. The second kappa shape index (κ2) is 3.13. The van der Waals surface area contributed by atoms with Crippen LogP contribution in [-0.4, -0.2) is 6.79 Å². The van der Waals surface area contributed by atoms with Crippen molar-refractivity contribution in [1.29, 1.82) is 0 Å². The SMILES string of the molecule is C=Cc1cc(CC)cc2c1OCO2. The van der Waals surface area contributed by atoms with Crippen molar-refractivity contribution in [2.75, 3.05) is 6.79 Å². The first-order chi connectivity index (χ1) is 6.35. The molecule has 0 bridgehead atoms. The molecule has 0 unspecified atom stereocenters. The number of fused-ring (bicyclic) bond motifs is 1. The highest BCUT2D eigenvalue weighted by Gasteiger charge is 2.16. The first kappa shape index (κ1) is 8.17. The van der Waals surface area contributed by atoms with Crippen molar-refractivity contribution >= 4 is 6.08 Å². The molecule has 68 valence electrons. The summed E-state index contributed by atoms with van der Waals surface area (Å²) in [5.74, 6) is 1.67. The van der Waals surface area contributed by atoms with Crippen molar-refractivity contribution in [1.82, 2.24) is 0 Å². The Hall–Kier alpha value is -1.44. The second-order valence-electron chi connectivity index (χ2n) is 2.98. The van der Waals surface area contributed by atoms with Crippen LogP contribution in [-0.2, 0) is 6.42 Å². The Kier molecular flexibility index (Phi) is 1.97. The van der Waals surface area contributed by atoms with Gasteiger partial charge in [-0.3, -0.25) is 0 Å². The first-order valence-corrected chi connectivity index (χ1v) is 4.40. The standard InChI is InChI=1S/C11H12O2/c1-3-8-5-9(4-2)11-10(6-8)12-7-13-11/h4-6H,2-3,7H2,1H3. The summed E-state index contributed by atoms with van der Waals surface area (Å²) in [7, 11) is 0. The van der Waals surface area contributed by atoms with E-state index in [2.05, 4.69) is 19.6 Å². The molecule has 0 saturated heterocycles. The lowest BCUT2D eigenvalue weighted by Crippen LogP contribution is -1.93. The van der Waals surface area contributed by atoms with Gasteiger partial charge in [0.15, 0.2) is 11.5 Å². The van der Waals surface area contributed by atoms with Gasteiger partial charge in [0.2, 0.25) is 6.79 Å². The zero-order valence-corrected chi connectivity index (χ0v) is 7.67. The largest absolute Gasteiger partial charge is 0.454 e. The van der Waals surface area contributed by atoms with E-state index in [4.69, 9.17) is 9.47 Å². The summed E-state index contributed by atoms with van der Waals surface area (Å²) >= 11 is 0. The third kappa shape index (κ3) is 1.28. The molecule has 1 aliphatic rings. The van der Waals surface area contributed by atoms with Gasteiger partial charge in [-0.15, -0.1) is 0 Å². The minimum Gasteiger partial charge on any atom is -0.454 e. The van der Waals surface area contributed by atoms with E-state index in [9.17, 15) is 0 Å². The maximum Gasteiger partial charge on any atom is 0.231 e. The molecule has 0 radical (unpaired) electrons. The molecule has 2 nitrogen and oxygen atoms in total. The fourth-order valence-corrected chi connectivity index (χ4v) is 1.45. The highest BCUT2D eigenvalue weighted by atomic mass is 16.7. The maximum atomic E-state index is 5.33. The molecule has 0 saturated carbocycles. The molecule has 0 N–H and O–H groups in total. The van der Waals surface area contributed by atoms with Gasteiger partial charge >= 0.3 is 0 Å². The zero-order chi connectivity index (χ0) is 9.26. The van der Waals surface area contributed by atoms with Crippen molar-refractivity contribution in [3.8, 4) is 11.5 Å². The second-order valence-corrected chi connectivity index (χ2v) is 2.98. The van der Waals surface area contributed by atoms with Crippen LogP contribution >= 0.6 is 0 Å². The summed E-state index contributed by atoms with van der Waals surface area (Å²) in [6.45, 7) is 6.19. The van der Waals surface area contributed by atoms with Gasteiger partial charge in [-0.25, -0.2) is 0 Å². The van der Waals surface area contributed by atoms with E-state index in [1.165, 1.54) is 5.56 Å². The molecule has 1 heterocycles. The molecule has 0 fully saturated rings. The molecular weight excluding hydrogens is 164 g/mol. The maximum absolute atomic E-state index is 5.33. The van der Waals surface area contributed by atoms with Crippen molar-refractivity contribution < 1.29 is 9.47 Å². The lowest BCUT2D eigenvalue weighted by Gasteiger charge is -2.03. The summed E-state index contributed by atoms with van der Waals surface area (Å²) in [6, 6.07) is 4.11. The smallest absolute Gasteiger partial charge is 0.231 e. The lowest BCUT2D eigenvalue weighted by molar-refractivity contribution is 0.173. The van der Waals surface area contributed by atoms with E-state index in [0.29, 0.717) is 6.79 Å². The Morgan fingerprint density at radius 3 is 3.00 bits per heavy atom. The molecular formula is C11H12O2. The molecule has 0 atom stereocenters. The van der Waals surface area contributed by atoms with Crippen LogP contribution < -0.4 is 9.47 Å². The molecule has 1 aliphatic heterocycles. The molecule has 1 aromatic carbocycles. The van der Waals surface area contributed by atoms with E-state index in [1.54, 1.807) is 6.08 Å². The average molecular weight is 176 g/mol. The van der Waals surface area contributed by atoms with Crippen LogP contribution in [0.4, 0.5) is 0 Å². The summed E-state index contributed by atoms with van der Waals surface area (Å²) < 4.78 is 10.6. The predicted octanol–water partition coefficient (Wildman–Crippen LogP) is 2.62. The van der Waals surface area contributed by atoms with Crippen LogP contribution in [0, 0.1) is 0 Å². The molecule has 0 amide bonds. The number of rotatable bonds is 2. The van der Waals surface area contributed by atoms with Crippen molar-refractivity contribution in [2.24, 2.45) is 0 Å². The van der Waals surface area contributed by atoms with Crippen LogP contribution in [0.5, 0.6) is 11.5 Å². The monoisotopic (exact) mass is 176 g/mol. The Labute approximate surface area is 77.8 Å². The highest BCUT2D eigenvalue weighted by molar-refractivity contribution is 5.63. The summed E-state index contributed by atoms with van der Waals surface area (Å²) in [6.07, 6.45) is 2.80. The summed E-state index contributed by atoms with van der Waals surface area (Å²) in [5.41, 5.74) is 2.27. The Balaban J connectivity index is 2.55. The van der Waals surface area contributed by atoms with Crippen LogP contribution in [0.25, 0.3) is 6.08 Å². The fraction of sp³-hybridized carbons (Fsp3) is 0.273. The van der Waals surface area contributed by atoms with Crippen molar-refractivity contribution in [3.05, 3.63) is 29.8 Å². The Morgan fingerprint density at radius 1 is 1.46 bits per heavy atom. The van der Waals surface area contributed by atoms with Crippen LogP contribution in [0.1, 0.15) is 18.1 Å².